The van der Waals surface area contributed by atoms with Gasteiger partial charge in [0.15, 0.2) is 0 Å². The lowest BCUT2D eigenvalue weighted by Crippen LogP contribution is -2.28. The van der Waals surface area contributed by atoms with Crippen molar-refractivity contribution in [2.45, 2.75) is 19.0 Å². The molecule has 1 saturated carbocycles. The van der Waals surface area contributed by atoms with Crippen molar-refractivity contribution < 1.29 is 31.8 Å². The molecule has 1 atom stereocenters. The Hall–Kier alpha value is -3.33. The predicted octanol–water partition coefficient (Wildman–Crippen LogP) is 4.87. The van der Waals surface area contributed by atoms with E-state index in [9.17, 15) is 27.6 Å². The minimum atomic E-state index is -3.27. The summed E-state index contributed by atoms with van der Waals surface area (Å²) in [4.78, 5) is 12.8. The number of halogens is 5. The molecular formula is C22H17BrF4N4O3. The van der Waals surface area contributed by atoms with Crippen molar-refractivity contribution in [2.24, 2.45) is 13.0 Å². The second kappa shape index (κ2) is 8.79. The number of nitriles is 1. The molecule has 1 aliphatic rings. The quantitative estimate of drug-likeness (QED) is 0.432. The zero-order chi connectivity index (χ0) is 24.8. The molecule has 1 heterocycles. The number of aryl methyl sites for hydroxylation is 1. The molecule has 2 aromatic carbocycles. The van der Waals surface area contributed by atoms with Crippen LogP contribution in [0.25, 0.3) is 22.2 Å². The maximum absolute atomic E-state index is 13.2. The molecule has 1 fully saturated rings. The number of benzene rings is 2. The van der Waals surface area contributed by atoms with Crippen LogP contribution >= 0.6 is 15.9 Å². The monoisotopic (exact) mass is 540 g/mol. The van der Waals surface area contributed by atoms with Crippen LogP contribution in [-0.2, 0) is 7.05 Å². The average Bonchev–Trinajstić information content (AvgIpc) is 3.24. The molecule has 4 rings (SSSR count). The van der Waals surface area contributed by atoms with Crippen LogP contribution in [0.1, 0.15) is 22.3 Å². The van der Waals surface area contributed by atoms with E-state index in [-0.39, 0.29) is 29.8 Å². The van der Waals surface area contributed by atoms with E-state index in [2.05, 4.69) is 37.2 Å². The third-order valence-electron chi connectivity index (χ3n) is 5.49. The van der Waals surface area contributed by atoms with Gasteiger partial charge in [0.05, 0.1) is 30.0 Å². The maximum Gasteiger partial charge on any atom is 0.387 e. The number of hydrogen-bond acceptors (Lipinski definition) is 5. The Morgan fingerprint density at radius 1 is 1.35 bits per heavy atom. The number of ether oxygens (including phenoxy) is 2. The summed E-state index contributed by atoms with van der Waals surface area (Å²) in [5, 5.41) is 16.8. The molecular weight excluding hydrogens is 524 g/mol. The van der Waals surface area contributed by atoms with Crippen LogP contribution in [0, 0.1) is 17.2 Å². The number of carbonyl (C=O) groups is 1. The highest BCUT2D eigenvalue weighted by molar-refractivity contribution is 9.10. The summed E-state index contributed by atoms with van der Waals surface area (Å²) < 4.78 is 64.8. The number of aromatic nitrogens is 2. The lowest BCUT2D eigenvalue weighted by Gasteiger charge is -2.17. The molecule has 34 heavy (non-hydrogen) atoms. The van der Waals surface area contributed by atoms with Gasteiger partial charge in [-0.1, -0.05) is 15.9 Å². The van der Waals surface area contributed by atoms with Crippen molar-refractivity contribution in [1.29, 1.82) is 5.26 Å². The van der Waals surface area contributed by atoms with Crippen LogP contribution < -0.4 is 14.8 Å². The first-order valence-corrected chi connectivity index (χ1v) is 10.7. The highest BCUT2D eigenvalue weighted by Crippen LogP contribution is 2.48. The van der Waals surface area contributed by atoms with Crippen molar-refractivity contribution >= 4 is 32.7 Å². The van der Waals surface area contributed by atoms with Gasteiger partial charge in [-0.3, -0.25) is 9.48 Å². The normalized spacial score (nSPS) is 16.4. The molecule has 0 saturated heterocycles. The molecule has 0 aliphatic heterocycles. The van der Waals surface area contributed by atoms with Crippen molar-refractivity contribution in [3.63, 3.8) is 0 Å². The minimum absolute atomic E-state index is 0.113. The second-order valence-electron chi connectivity index (χ2n) is 7.73. The highest BCUT2D eigenvalue weighted by atomic mass is 79.9. The fourth-order valence-corrected chi connectivity index (χ4v) is 4.25. The Balaban J connectivity index is 1.84. The van der Waals surface area contributed by atoms with E-state index in [0.29, 0.717) is 26.6 Å². The molecule has 178 valence electrons. The predicted molar refractivity (Wildman–Crippen MR) is 117 cm³/mol. The van der Waals surface area contributed by atoms with E-state index < -0.39 is 30.1 Å². The van der Waals surface area contributed by atoms with E-state index in [1.54, 1.807) is 19.2 Å². The maximum atomic E-state index is 13.2. The van der Waals surface area contributed by atoms with E-state index >= 15 is 0 Å². The summed E-state index contributed by atoms with van der Waals surface area (Å²) in [6.07, 6.45) is -0.353. The molecule has 3 aromatic rings. The fourth-order valence-electron chi connectivity index (χ4n) is 3.81. The van der Waals surface area contributed by atoms with Gasteiger partial charge in [-0.25, -0.2) is 8.78 Å². The van der Waals surface area contributed by atoms with Gasteiger partial charge >= 0.3 is 6.61 Å². The van der Waals surface area contributed by atoms with E-state index in [1.165, 1.54) is 23.9 Å². The Morgan fingerprint density at radius 3 is 2.62 bits per heavy atom. The van der Waals surface area contributed by atoms with Crippen LogP contribution in [0.15, 0.2) is 28.7 Å². The Kier molecular flexibility index (Phi) is 6.16. The van der Waals surface area contributed by atoms with Crippen LogP contribution in [0.3, 0.4) is 0 Å². The number of alkyl halides is 4. The summed E-state index contributed by atoms with van der Waals surface area (Å²) in [5.41, 5.74) is 1.11. The van der Waals surface area contributed by atoms with Gasteiger partial charge in [-0.2, -0.15) is 19.1 Å². The zero-order valence-corrected chi connectivity index (χ0v) is 19.4. The second-order valence-corrected chi connectivity index (χ2v) is 8.65. The first kappa shape index (κ1) is 23.8. The average molecular weight is 541 g/mol. The first-order chi connectivity index (χ1) is 16.1. The van der Waals surface area contributed by atoms with Gasteiger partial charge in [0.2, 0.25) is 0 Å². The van der Waals surface area contributed by atoms with Gasteiger partial charge < -0.3 is 14.8 Å². The van der Waals surface area contributed by atoms with Crippen molar-refractivity contribution in [3.8, 4) is 28.8 Å². The van der Waals surface area contributed by atoms with Crippen LogP contribution in [0.5, 0.6) is 11.5 Å². The molecule has 1 N–H and O–H groups in total. The summed E-state index contributed by atoms with van der Waals surface area (Å²) >= 11 is 3.32. The number of methoxy groups -OCH3 is 1. The molecule has 1 aliphatic carbocycles. The smallest absolute Gasteiger partial charge is 0.387 e. The SMILES string of the molecule is COc1cc(-c2c3c(C#N)cc(Br)cc3nn2C)cc(OC(F)F)c1C(=O)NC[C@H]1CC1(F)F. The largest absolute Gasteiger partial charge is 0.496 e. The lowest BCUT2D eigenvalue weighted by molar-refractivity contribution is -0.0502. The van der Waals surface area contributed by atoms with Crippen LogP contribution in [0.4, 0.5) is 17.6 Å². The number of rotatable bonds is 7. The number of carbonyl (C=O) groups excluding carboxylic acids is 1. The third kappa shape index (κ3) is 4.40. The third-order valence-corrected chi connectivity index (χ3v) is 5.95. The van der Waals surface area contributed by atoms with Gasteiger partial charge in [0, 0.05) is 41.4 Å². The first-order valence-electron chi connectivity index (χ1n) is 9.95. The van der Waals surface area contributed by atoms with Gasteiger partial charge in [-0.15, -0.1) is 0 Å². The summed E-state index contributed by atoms with van der Waals surface area (Å²) in [6, 6.07) is 8.00. The molecule has 0 bridgehead atoms. The molecule has 7 nitrogen and oxygen atoms in total. The standard InChI is InChI=1S/C22H17BrF4N4O3/c1-31-19(17-11(8-28)3-13(23)6-14(17)30-31)10-4-15(33-2)18(16(5-10)34-21(24)25)20(32)29-9-12-7-22(12,26)27/h3-6,12,21H,7,9H2,1-2H3,(H,29,32)/t12-/m1/s1. The van der Waals surface area contributed by atoms with Crippen LogP contribution in [0.2, 0.25) is 0 Å². The number of nitrogens with one attached hydrogen (secondary N) is 1. The lowest BCUT2D eigenvalue weighted by atomic mass is 10.0. The molecule has 0 spiro atoms. The summed E-state index contributed by atoms with van der Waals surface area (Å²) in [5.74, 6) is -5.37. The Labute approximate surface area is 199 Å². The molecule has 0 unspecified atom stereocenters. The van der Waals surface area contributed by atoms with Gasteiger partial charge in [-0.05, 0) is 24.3 Å². The van der Waals surface area contributed by atoms with E-state index in [4.69, 9.17) is 4.74 Å². The van der Waals surface area contributed by atoms with Gasteiger partial charge in [0.1, 0.15) is 17.1 Å². The van der Waals surface area contributed by atoms with E-state index in [1.807, 2.05) is 0 Å². The fraction of sp³-hybridized carbons (Fsp3) is 0.318. The van der Waals surface area contributed by atoms with Crippen molar-refractivity contribution in [2.75, 3.05) is 13.7 Å². The molecule has 12 heteroatoms. The number of amides is 1. The minimum Gasteiger partial charge on any atom is -0.496 e. The zero-order valence-electron chi connectivity index (χ0n) is 17.8. The number of fused-ring (bicyclic) bond motifs is 1. The Morgan fingerprint density at radius 2 is 2.03 bits per heavy atom. The topological polar surface area (TPSA) is 89.2 Å². The number of hydrogen-bond donors (Lipinski definition) is 1. The molecule has 1 amide bonds. The summed E-state index contributed by atoms with van der Waals surface area (Å²) in [6.45, 7) is -3.59. The van der Waals surface area contributed by atoms with Gasteiger partial charge in [0.25, 0.3) is 11.8 Å². The van der Waals surface area contributed by atoms with E-state index in [0.717, 1.165) is 0 Å². The van der Waals surface area contributed by atoms with Crippen molar-refractivity contribution in [1.82, 2.24) is 15.1 Å². The molecule has 1 aromatic heterocycles. The Bertz CT molecular complexity index is 1340. The van der Waals surface area contributed by atoms with Crippen LogP contribution in [-0.4, -0.2) is 41.9 Å². The number of nitrogens with zero attached hydrogens (tertiary/aromatic N) is 3. The molecule has 0 radical (unpaired) electrons. The summed E-state index contributed by atoms with van der Waals surface area (Å²) in [7, 11) is 2.84. The van der Waals surface area contributed by atoms with Crippen molar-refractivity contribution in [3.05, 3.63) is 39.9 Å². The highest BCUT2D eigenvalue weighted by Gasteiger charge is 2.56.